The Morgan fingerprint density at radius 3 is 1.81 bits per heavy atom. The van der Waals surface area contributed by atoms with E-state index in [1.54, 1.807) is 34.9 Å². The quantitative estimate of drug-likeness (QED) is 0.416. The zero-order valence-electron chi connectivity index (χ0n) is 10.6. The van der Waals surface area contributed by atoms with Crippen molar-refractivity contribution >= 4 is 11.9 Å². The van der Waals surface area contributed by atoms with E-state index in [1.807, 2.05) is 0 Å². The van der Waals surface area contributed by atoms with Gasteiger partial charge in [-0.2, -0.15) is 0 Å². The van der Waals surface area contributed by atoms with Gasteiger partial charge in [0.05, 0.1) is 5.57 Å². The topological polar surface area (TPSA) is 46.6 Å². The molecule has 0 aliphatic carbocycles. The van der Waals surface area contributed by atoms with Crippen molar-refractivity contribution in [3.05, 3.63) is 24.3 Å². The van der Waals surface area contributed by atoms with Gasteiger partial charge in [0.15, 0.2) is 0 Å². The van der Waals surface area contributed by atoms with Crippen LogP contribution in [0.3, 0.4) is 0 Å². The highest BCUT2D eigenvalue weighted by Crippen LogP contribution is 2.15. The molecule has 4 heteroatoms. The Hall–Kier alpha value is -1.58. The molecule has 0 spiro atoms. The van der Waals surface area contributed by atoms with Gasteiger partial charge < -0.3 is 9.64 Å². The van der Waals surface area contributed by atoms with Gasteiger partial charge in [0.2, 0.25) is 0 Å². The Morgan fingerprint density at radius 2 is 1.50 bits per heavy atom. The molecule has 0 aromatic rings. The lowest BCUT2D eigenvalue weighted by Gasteiger charge is -2.21. The molecule has 0 unspecified atom stereocenters. The first kappa shape index (κ1) is 14.4. The fraction of sp³-hybridized carbons (Fsp3) is 0.500. The summed E-state index contributed by atoms with van der Waals surface area (Å²) in [6.07, 6.45) is 0. The Kier molecular flexibility index (Phi) is 4.47. The first-order chi connectivity index (χ1) is 7.06. The van der Waals surface area contributed by atoms with Gasteiger partial charge in [-0.05, 0) is 20.8 Å². The average molecular weight is 225 g/mol. The number of esters is 1. The van der Waals surface area contributed by atoms with E-state index in [-0.39, 0.29) is 17.1 Å². The maximum atomic E-state index is 11.6. The molecule has 0 N–H and O–H groups in total. The highest BCUT2D eigenvalue weighted by Gasteiger charge is 2.23. The lowest BCUT2D eigenvalue weighted by atomic mass is 10.1. The van der Waals surface area contributed by atoms with E-state index in [2.05, 4.69) is 13.2 Å². The summed E-state index contributed by atoms with van der Waals surface area (Å²) in [5.74, 6) is -0.969. The number of carbonyl (C=O) groups is 2. The van der Waals surface area contributed by atoms with Crippen LogP contribution in [-0.2, 0) is 14.3 Å². The van der Waals surface area contributed by atoms with Gasteiger partial charge >= 0.3 is 5.97 Å². The maximum Gasteiger partial charge on any atom is 0.338 e. The monoisotopic (exact) mass is 225 g/mol. The van der Waals surface area contributed by atoms with E-state index < -0.39 is 11.6 Å². The van der Waals surface area contributed by atoms with Crippen molar-refractivity contribution in [2.24, 2.45) is 0 Å². The third-order valence-corrected chi connectivity index (χ3v) is 1.67. The molecule has 1 amide bonds. The lowest BCUT2D eigenvalue weighted by molar-refractivity contribution is -0.150. The first-order valence-corrected chi connectivity index (χ1v) is 4.89. The normalized spacial score (nSPS) is 10.6. The molecule has 0 aliphatic rings. The Balaban J connectivity index is 4.65. The van der Waals surface area contributed by atoms with Gasteiger partial charge in [0.1, 0.15) is 5.60 Å². The molecule has 0 saturated heterocycles. The second kappa shape index (κ2) is 4.96. The molecular formula is C12H19NO3. The molecule has 0 heterocycles. The van der Waals surface area contributed by atoms with Crippen LogP contribution in [0.25, 0.3) is 0 Å². The summed E-state index contributed by atoms with van der Waals surface area (Å²) in [6.45, 7) is 12.3. The van der Waals surface area contributed by atoms with Crippen molar-refractivity contribution in [2.45, 2.75) is 26.4 Å². The summed E-state index contributed by atoms with van der Waals surface area (Å²) >= 11 is 0. The highest BCUT2D eigenvalue weighted by atomic mass is 16.6. The largest absolute Gasteiger partial charge is 0.456 e. The van der Waals surface area contributed by atoms with Crippen molar-refractivity contribution in [1.29, 1.82) is 0 Å². The molecule has 16 heavy (non-hydrogen) atoms. The zero-order valence-corrected chi connectivity index (χ0v) is 10.6. The molecule has 0 aromatic carbocycles. The van der Waals surface area contributed by atoms with Crippen molar-refractivity contribution in [1.82, 2.24) is 4.90 Å². The molecular weight excluding hydrogens is 206 g/mol. The van der Waals surface area contributed by atoms with Crippen LogP contribution in [0.2, 0.25) is 0 Å². The summed E-state index contributed by atoms with van der Waals surface area (Å²) in [7, 11) is 3.16. The predicted octanol–water partition coefficient (Wildman–Crippen LogP) is 1.53. The summed E-state index contributed by atoms with van der Waals surface area (Å²) in [4.78, 5) is 24.4. The van der Waals surface area contributed by atoms with E-state index in [0.717, 1.165) is 0 Å². The van der Waals surface area contributed by atoms with Crippen molar-refractivity contribution in [3.63, 3.8) is 0 Å². The minimum atomic E-state index is -0.618. The van der Waals surface area contributed by atoms with Gasteiger partial charge in [-0.15, -0.1) is 0 Å². The van der Waals surface area contributed by atoms with Crippen LogP contribution >= 0.6 is 0 Å². The van der Waals surface area contributed by atoms with E-state index in [1.165, 1.54) is 4.90 Å². The molecule has 90 valence electrons. The standard InChI is InChI=1S/C12H19NO3/c1-8(10(14)13(6)7)9(2)11(15)16-12(3,4)5/h1-2H2,3-7H3. The minimum absolute atomic E-state index is 0.00590. The number of hydrogen-bond donors (Lipinski definition) is 0. The number of amides is 1. The van der Waals surface area contributed by atoms with Crippen LogP contribution in [0.5, 0.6) is 0 Å². The summed E-state index contributed by atoms with van der Waals surface area (Å²) in [5, 5.41) is 0. The number of rotatable bonds is 3. The van der Waals surface area contributed by atoms with Crippen LogP contribution in [0.4, 0.5) is 0 Å². The molecule has 0 aliphatic heterocycles. The smallest absolute Gasteiger partial charge is 0.338 e. The second-order valence-corrected chi connectivity index (χ2v) is 4.66. The fourth-order valence-corrected chi connectivity index (χ4v) is 0.862. The van der Waals surface area contributed by atoms with Gasteiger partial charge in [-0.25, -0.2) is 4.79 Å². The van der Waals surface area contributed by atoms with Crippen LogP contribution in [-0.4, -0.2) is 36.5 Å². The van der Waals surface area contributed by atoms with Gasteiger partial charge in [0, 0.05) is 19.7 Å². The van der Waals surface area contributed by atoms with Crippen LogP contribution in [0, 0.1) is 0 Å². The third kappa shape index (κ3) is 4.29. The first-order valence-electron chi connectivity index (χ1n) is 4.89. The van der Waals surface area contributed by atoms with Crippen LogP contribution < -0.4 is 0 Å². The number of hydrogen-bond acceptors (Lipinski definition) is 3. The highest BCUT2D eigenvalue weighted by molar-refractivity contribution is 6.08. The number of nitrogens with zero attached hydrogens (tertiary/aromatic N) is 1. The fourth-order valence-electron chi connectivity index (χ4n) is 0.862. The van der Waals surface area contributed by atoms with Crippen LogP contribution in [0.15, 0.2) is 24.3 Å². The second-order valence-electron chi connectivity index (χ2n) is 4.66. The van der Waals surface area contributed by atoms with Gasteiger partial charge in [0.25, 0.3) is 5.91 Å². The number of likely N-dealkylation sites (N-methyl/N-ethyl adjacent to an activating group) is 1. The van der Waals surface area contributed by atoms with Crippen molar-refractivity contribution in [2.75, 3.05) is 14.1 Å². The molecule has 0 saturated carbocycles. The third-order valence-electron chi connectivity index (χ3n) is 1.67. The zero-order chi connectivity index (χ0) is 13.1. The molecule has 0 rings (SSSR count). The summed E-state index contributed by atoms with van der Waals surface area (Å²) in [6, 6.07) is 0. The average Bonchev–Trinajstić information content (AvgIpc) is 2.11. The molecule has 0 bridgehead atoms. The predicted molar refractivity (Wildman–Crippen MR) is 62.8 cm³/mol. The van der Waals surface area contributed by atoms with E-state index >= 15 is 0 Å². The van der Waals surface area contributed by atoms with Crippen molar-refractivity contribution < 1.29 is 14.3 Å². The van der Waals surface area contributed by atoms with Crippen LogP contribution in [0.1, 0.15) is 20.8 Å². The Morgan fingerprint density at radius 1 is 1.06 bits per heavy atom. The SMILES string of the molecule is C=C(C(=C)C(=O)N(C)C)C(=O)OC(C)(C)C. The summed E-state index contributed by atoms with van der Waals surface area (Å²) < 4.78 is 5.08. The van der Waals surface area contributed by atoms with E-state index in [4.69, 9.17) is 4.74 Å². The lowest BCUT2D eigenvalue weighted by Crippen LogP contribution is -2.29. The molecule has 4 nitrogen and oxygen atoms in total. The molecule has 0 aromatic heterocycles. The Bertz CT molecular complexity index is 335. The maximum absolute atomic E-state index is 11.6. The molecule has 0 fully saturated rings. The molecule has 0 radical (unpaired) electrons. The van der Waals surface area contributed by atoms with E-state index in [9.17, 15) is 9.59 Å². The van der Waals surface area contributed by atoms with Gasteiger partial charge in [-0.3, -0.25) is 4.79 Å². The number of carbonyl (C=O) groups excluding carboxylic acids is 2. The Labute approximate surface area is 96.6 Å². The summed E-state index contributed by atoms with van der Waals surface area (Å²) in [5.41, 5.74) is -0.561. The molecule has 0 atom stereocenters. The number of ether oxygens (including phenoxy) is 1. The van der Waals surface area contributed by atoms with E-state index in [0.29, 0.717) is 0 Å². The minimum Gasteiger partial charge on any atom is -0.456 e. The van der Waals surface area contributed by atoms with Crippen molar-refractivity contribution in [3.8, 4) is 0 Å². The van der Waals surface area contributed by atoms with Gasteiger partial charge in [-0.1, -0.05) is 13.2 Å².